The summed E-state index contributed by atoms with van der Waals surface area (Å²) in [6.07, 6.45) is 5.20. The Bertz CT molecular complexity index is 990. The molecule has 0 aromatic carbocycles. The molecule has 2 aliphatic heterocycles. The van der Waals surface area contributed by atoms with Gasteiger partial charge < -0.3 is 15.1 Å². The number of thioether (sulfide) groups is 1. The summed E-state index contributed by atoms with van der Waals surface area (Å²) in [5, 5.41) is 20.9. The van der Waals surface area contributed by atoms with Crippen molar-refractivity contribution >= 4 is 45.4 Å². The van der Waals surface area contributed by atoms with E-state index in [1.165, 1.54) is 4.90 Å². The molecule has 0 radical (unpaired) electrons. The number of carboxylic acid groups (broad SMARTS) is 1. The molecule has 1 amide bonds. The average molecular weight is 409 g/mol. The van der Waals surface area contributed by atoms with Gasteiger partial charge in [0.25, 0.3) is 6.33 Å². The Hall–Kier alpha value is -1.84. The number of aryl methyl sites for hydroxylation is 1. The highest BCUT2D eigenvalue weighted by atomic mass is 32.2. The largest absolute Gasteiger partial charge is 0.477 e. The lowest BCUT2D eigenvalue weighted by molar-refractivity contribution is -0.726. The molecule has 0 aliphatic carbocycles. The Kier molecular flexibility index (Phi) is 4.36. The lowest BCUT2D eigenvalue weighted by Gasteiger charge is -2.46. The van der Waals surface area contributed by atoms with Crippen molar-refractivity contribution in [1.82, 2.24) is 9.30 Å². The second kappa shape index (κ2) is 6.35. The van der Waals surface area contributed by atoms with Crippen LogP contribution in [-0.4, -0.2) is 49.8 Å². The van der Waals surface area contributed by atoms with E-state index in [4.69, 9.17) is 0 Å². The number of thiazole rings is 1. The van der Waals surface area contributed by atoms with Crippen molar-refractivity contribution in [3.63, 3.8) is 0 Å². The highest BCUT2D eigenvalue weighted by Gasteiger charge is 2.60. The third-order valence-electron chi connectivity index (χ3n) is 5.58. The zero-order valence-electron chi connectivity index (χ0n) is 15.5. The molecule has 2 N–H and O–H groups in total. The topological polar surface area (TPSA) is 86.1 Å². The fraction of sp³-hybridized carbons (Fsp3) is 0.500. The third kappa shape index (κ3) is 2.41. The minimum Gasteiger partial charge on any atom is -0.477 e. The Morgan fingerprint density at radius 1 is 1.48 bits per heavy atom. The molecule has 2 aliphatic rings. The van der Waals surface area contributed by atoms with Crippen molar-refractivity contribution in [2.45, 2.75) is 44.5 Å². The monoisotopic (exact) mass is 408 g/mol. The number of aliphatic hydroxyl groups excluding tert-OH is 1. The normalized spacial score (nSPS) is 25.9. The van der Waals surface area contributed by atoms with Gasteiger partial charge in [-0.3, -0.25) is 4.79 Å². The Labute approximate surface area is 164 Å². The highest BCUT2D eigenvalue weighted by Crippen LogP contribution is 2.51. The van der Waals surface area contributed by atoms with E-state index in [-0.39, 0.29) is 23.6 Å². The highest BCUT2D eigenvalue weighted by molar-refractivity contribution is 7.98. The van der Waals surface area contributed by atoms with E-state index >= 15 is 0 Å². The van der Waals surface area contributed by atoms with E-state index in [1.807, 2.05) is 30.1 Å². The molecule has 4 atom stereocenters. The van der Waals surface area contributed by atoms with Gasteiger partial charge in [0.1, 0.15) is 11.9 Å². The number of imidazole rings is 1. The average Bonchev–Trinajstić information content (AvgIpc) is 3.21. The number of amides is 1. The molecule has 1 saturated heterocycles. The van der Waals surface area contributed by atoms with Crippen LogP contribution in [0.3, 0.4) is 0 Å². The van der Waals surface area contributed by atoms with Crippen molar-refractivity contribution in [2.75, 3.05) is 6.26 Å². The fourth-order valence-corrected chi connectivity index (χ4v) is 6.62. The number of aliphatic carboxylic acids is 1. The van der Waals surface area contributed by atoms with Crippen LogP contribution >= 0.6 is 23.1 Å². The van der Waals surface area contributed by atoms with Crippen molar-refractivity contribution in [2.24, 2.45) is 11.8 Å². The zero-order valence-corrected chi connectivity index (χ0v) is 17.2. The van der Waals surface area contributed by atoms with Crippen LogP contribution in [0, 0.1) is 11.8 Å². The summed E-state index contributed by atoms with van der Waals surface area (Å²) in [7, 11) is 0. The Balaban J connectivity index is 1.85. The molecule has 1 fully saturated rings. The van der Waals surface area contributed by atoms with Gasteiger partial charge in [-0.05, 0) is 20.1 Å². The number of fused-ring (bicyclic) bond motifs is 2. The number of carbonyl (C=O) groups excluding carboxylic acids is 1. The lowest BCUT2D eigenvalue weighted by atomic mass is 9.77. The number of β-lactam (4-membered cyclic amide) rings is 1. The van der Waals surface area contributed by atoms with Gasteiger partial charge in [-0.2, -0.15) is 4.40 Å². The number of hydrogen-bond donors (Lipinski definition) is 2. The number of nitrogens with zero attached hydrogens (tertiary/aromatic N) is 3. The first-order valence-corrected chi connectivity index (χ1v) is 10.9. The Morgan fingerprint density at radius 3 is 2.74 bits per heavy atom. The minimum atomic E-state index is -1.09. The molecule has 0 saturated carbocycles. The van der Waals surface area contributed by atoms with Crippen LogP contribution in [0.15, 0.2) is 23.2 Å². The number of hydrogen-bond acceptors (Lipinski definition) is 5. The first-order valence-electron chi connectivity index (χ1n) is 8.88. The van der Waals surface area contributed by atoms with E-state index in [9.17, 15) is 19.8 Å². The van der Waals surface area contributed by atoms with Crippen LogP contribution < -0.4 is 4.57 Å². The predicted octanol–water partition coefficient (Wildman–Crippen LogP) is 1.68. The van der Waals surface area contributed by atoms with Crippen molar-refractivity contribution in [3.05, 3.63) is 23.1 Å². The molecule has 4 heterocycles. The van der Waals surface area contributed by atoms with Crippen LogP contribution in [0.5, 0.6) is 0 Å². The van der Waals surface area contributed by atoms with Crippen LogP contribution in [0.2, 0.25) is 0 Å². The number of aromatic nitrogens is 2. The maximum absolute atomic E-state index is 12.5. The van der Waals surface area contributed by atoms with Gasteiger partial charge in [0.15, 0.2) is 0 Å². The lowest BCUT2D eigenvalue weighted by Crippen LogP contribution is -2.63. The van der Waals surface area contributed by atoms with E-state index in [0.29, 0.717) is 5.57 Å². The van der Waals surface area contributed by atoms with Gasteiger partial charge in [0, 0.05) is 11.5 Å². The summed E-state index contributed by atoms with van der Waals surface area (Å²) < 4.78 is 4.18. The van der Waals surface area contributed by atoms with E-state index in [0.717, 1.165) is 21.3 Å². The Morgan fingerprint density at radius 2 is 2.19 bits per heavy atom. The number of aliphatic hydroxyl groups is 1. The summed E-state index contributed by atoms with van der Waals surface area (Å²) >= 11 is 3.21. The molecule has 2 aromatic heterocycles. The maximum Gasteiger partial charge on any atom is 0.352 e. The smallest absolute Gasteiger partial charge is 0.352 e. The molecule has 9 heteroatoms. The van der Waals surface area contributed by atoms with Gasteiger partial charge in [-0.1, -0.05) is 30.0 Å². The molecule has 7 nitrogen and oxygen atoms in total. The minimum absolute atomic E-state index is 0.0629. The molecular formula is C18H22N3O4S2+. The first kappa shape index (κ1) is 18.5. The van der Waals surface area contributed by atoms with Crippen LogP contribution in [0.4, 0.5) is 0 Å². The molecular weight excluding hydrogens is 386 g/mol. The van der Waals surface area contributed by atoms with Crippen molar-refractivity contribution < 1.29 is 24.4 Å². The van der Waals surface area contributed by atoms with E-state index in [2.05, 4.69) is 11.5 Å². The summed E-state index contributed by atoms with van der Waals surface area (Å²) in [5.41, 5.74) is 0.751. The van der Waals surface area contributed by atoms with Gasteiger partial charge in [0.2, 0.25) is 15.8 Å². The fourth-order valence-electron chi connectivity index (χ4n) is 4.38. The van der Waals surface area contributed by atoms with Gasteiger partial charge >= 0.3 is 5.97 Å². The molecule has 0 bridgehead atoms. The van der Waals surface area contributed by atoms with Crippen LogP contribution in [0.1, 0.15) is 25.6 Å². The summed E-state index contributed by atoms with van der Waals surface area (Å²) in [4.78, 5) is 27.8. The van der Waals surface area contributed by atoms with Crippen molar-refractivity contribution in [1.29, 1.82) is 0 Å². The predicted molar refractivity (Wildman–Crippen MR) is 102 cm³/mol. The van der Waals surface area contributed by atoms with E-state index < -0.39 is 18.0 Å². The molecule has 144 valence electrons. The molecule has 2 aromatic rings. The molecule has 4 rings (SSSR count). The second-order valence-electron chi connectivity index (χ2n) is 7.04. The second-order valence-corrected chi connectivity index (χ2v) is 8.87. The molecule has 0 unspecified atom stereocenters. The van der Waals surface area contributed by atoms with Gasteiger partial charge in [0.05, 0.1) is 29.5 Å². The third-order valence-corrected chi connectivity index (χ3v) is 7.67. The van der Waals surface area contributed by atoms with Crippen LogP contribution in [-0.2, 0) is 16.1 Å². The van der Waals surface area contributed by atoms with Crippen LogP contribution in [0.25, 0.3) is 10.4 Å². The number of carbonyl (C=O) groups is 2. The van der Waals surface area contributed by atoms with E-state index in [1.54, 1.807) is 30.0 Å². The van der Waals surface area contributed by atoms with Gasteiger partial charge in [-0.15, -0.1) is 0 Å². The standard InChI is InChI=1S/C18H21N3O4S2/c1-5-19-7-20-6-10(27-17(20)16(19)26-4)11-8(2)13-12(9(3)22)15(23)21(13)14(11)18(24)25/h6-9,12-13,22H,5H2,1-4H3/p+1/t8-,9+,12+,13+/m0/s1. The summed E-state index contributed by atoms with van der Waals surface area (Å²) in [6.45, 7) is 6.48. The summed E-state index contributed by atoms with van der Waals surface area (Å²) in [5.74, 6) is -2.08. The molecule has 27 heavy (non-hydrogen) atoms. The number of rotatable bonds is 5. The zero-order chi connectivity index (χ0) is 19.6. The van der Waals surface area contributed by atoms with Gasteiger partial charge in [-0.25, -0.2) is 9.36 Å². The quantitative estimate of drug-likeness (QED) is 0.447. The number of carboxylic acids is 1. The first-order chi connectivity index (χ1) is 12.8. The maximum atomic E-state index is 12.5. The summed E-state index contributed by atoms with van der Waals surface area (Å²) in [6, 6.07) is -0.291. The SMILES string of the molecule is CC[n+]1cn2cc(C3=C(C(=O)O)N4C(=O)[C@H]([C@@H](C)O)[C@H]4[C@H]3C)sc2c1SC. The molecule has 0 spiro atoms. The van der Waals surface area contributed by atoms with Crippen molar-refractivity contribution in [3.8, 4) is 0 Å².